The first kappa shape index (κ1) is 15.5. The van der Waals surface area contributed by atoms with Crippen LogP contribution in [0.1, 0.15) is 11.3 Å². The molecule has 0 N–H and O–H groups in total. The molecule has 2 aliphatic heterocycles. The third-order valence-corrected chi connectivity index (χ3v) is 5.99. The van der Waals surface area contributed by atoms with Gasteiger partial charge in [-0.3, -0.25) is 0 Å². The Labute approximate surface area is 152 Å². The average Bonchev–Trinajstić information content (AvgIpc) is 3.27. The minimum atomic E-state index is 0.649. The molecule has 0 radical (unpaired) electrons. The second kappa shape index (κ2) is 5.65. The molecule has 2 aliphatic rings. The van der Waals surface area contributed by atoms with Gasteiger partial charge in [0, 0.05) is 62.5 Å². The van der Waals surface area contributed by atoms with E-state index in [0.29, 0.717) is 11.8 Å². The van der Waals surface area contributed by atoms with Gasteiger partial charge in [0.05, 0.1) is 5.52 Å². The Morgan fingerprint density at radius 2 is 1.54 bits per heavy atom. The molecule has 7 nitrogen and oxygen atoms in total. The molecule has 2 saturated heterocycles. The van der Waals surface area contributed by atoms with Crippen molar-refractivity contribution in [2.24, 2.45) is 18.9 Å². The van der Waals surface area contributed by atoms with E-state index in [0.717, 1.165) is 54.4 Å². The van der Waals surface area contributed by atoms with Gasteiger partial charge in [0.25, 0.3) is 0 Å². The standard InChI is InChI=1S/C19H23N7/c1-12-5-20-10-22-18(12)25-6-14-8-26(9-15(14)7-25)19-17-16(21-11-23-19)4-13(2)24(17)3/h4-5,10-11,14-15H,6-9H2,1-3H3. The van der Waals surface area contributed by atoms with E-state index in [1.165, 1.54) is 5.69 Å². The fourth-order valence-electron chi connectivity index (χ4n) is 4.58. The van der Waals surface area contributed by atoms with Crippen LogP contribution in [0.25, 0.3) is 11.0 Å². The maximum atomic E-state index is 4.64. The molecule has 5 heterocycles. The lowest BCUT2D eigenvalue weighted by Gasteiger charge is -2.24. The highest BCUT2D eigenvalue weighted by atomic mass is 15.3. The summed E-state index contributed by atoms with van der Waals surface area (Å²) in [5, 5.41) is 0. The van der Waals surface area contributed by atoms with Crippen LogP contribution in [0.15, 0.2) is 24.9 Å². The average molecular weight is 349 g/mol. The largest absolute Gasteiger partial charge is 0.356 e. The van der Waals surface area contributed by atoms with Crippen molar-refractivity contribution in [2.45, 2.75) is 13.8 Å². The molecule has 7 heteroatoms. The Bertz CT molecular complexity index is 965. The summed E-state index contributed by atoms with van der Waals surface area (Å²) in [5.41, 5.74) is 4.55. The lowest BCUT2D eigenvalue weighted by Crippen LogP contribution is -2.30. The maximum Gasteiger partial charge on any atom is 0.156 e. The van der Waals surface area contributed by atoms with Crippen LogP contribution in [-0.4, -0.2) is 50.7 Å². The van der Waals surface area contributed by atoms with Crippen molar-refractivity contribution in [3.8, 4) is 0 Å². The van der Waals surface area contributed by atoms with E-state index in [1.807, 2.05) is 6.20 Å². The first-order valence-electron chi connectivity index (χ1n) is 9.15. The summed E-state index contributed by atoms with van der Waals surface area (Å²) in [6, 6.07) is 2.14. The van der Waals surface area contributed by atoms with E-state index < -0.39 is 0 Å². The van der Waals surface area contributed by atoms with E-state index >= 15 is 0 Å². The van der Waals surface area contributed by atoms with Crippen molar-refractivity contribution in [1.82, 2.24) is 24.5 Å². The Morgan fingerprint density at radius 3 is 2.23 bits per heavy atom. The van der Waals surface area contributed by atoms with Crippen molar-refractivity contribution < 1.29 is 0 Å². The molecule has 5 rings (SSSR count). The Kier molecular flexibility index (Phi) is 3.38. The van der Waals surface area contributed by atoms with Crippen molar-refractivity contribution >= 4 is 22.7 Å². The second-order valence-corrected chi connectivity index (χ2v) is 7.64. The topological polar surface area (TPSA) is 63.0 Å². The third-order valence-electron chi connectivity index (χ3n) is 5.99. The summed E-state index contributed by atoms with van der Waals surface area (Å²) in [5.74, 6) is 3.46. The molecular weight excluding hydrogens is 326 g/mol. The zero-order valence-electron chi connectivity index (χ0n) is 15.4. The summed E-state index contributed by atoms with van der Waals surface area (Å²) < 4.78 is 2.20. The van der Waals surface area contributed by atoms with Gasteiger partial charge in [-0.15, -0.1) is 0 Å². The molecule has 0 saturated carbocycles. The Balaban J connectivity index is 1.40. The number of anilines is 2. The van der Waals surface area contributed by atoms with Crippen LogP contribution in [-0.2, 0) is 7.05 Å². The summed E-state index contributed by atoms with van der Waals surface area (Å²) >= 11 is 0. The molecule has 3 aromatic heterocycles. The molecule has 0 aromatic carbocycles. The summed E-state index contributed by atoms with van der Waals surface area (Å²) in [6.45, 7) is 8.40. The minimum Gasteiger partial charge on any atom is -0.356 e. The highest BCUT2D eigenvalue weighted by Crippen LogP contribution is 2.37. The van der Waals surface area contributed by atoms with Crippen molar-refractivity contribution in [3.63, 3.8) is 0 Å². The predicted octanol–water partition coefficient (Wildman–Crippen LogP) is 1.95. The number of aromatic nitrogens is 5. The van der Waals surface area contributed by atoms with Gasteiger partial charge < -0.3 is 14.4 Å². The number of aryl methyl sites for hydroxylation is 3. The smallest absolute Gasteiger partial charge is 0.156 e. The predicted molar refractivity (Wildman–Crippen MR) is 101 cm³/mol. The van der Waals surface area contributed by atoms with Gasteiger partial charge in [0.2, 0.25) is 0 Å². The van der Waals surface area contributed by atoms with E-state index in [2.05, 4.69) is 61.3 Å². The number of rotatable bonds is 2. The molecule has 0 bridgehead atoms. The van der Waals surface area contributed by atoms with Crippen molar-refractivity contribution in [3.05, 3.63) is 36.2 Å². The lowest BCUT2D eigenvalue weighted by molar-refractivity contribution is 0.533. The molecule has 3 aromatic rings. The maximum absolute atomic E-state index is 4.64. The SMILES string of the molecule is Cc1cncnc1N1CC2CN(c3ncnc4cc(C)n(C)c34)CC2C1. The zero-order valence-corrected chi connectivity index (χ0v) is 15.4. The fourth-order valence-corrected chi connectivity index (χ4v) is 4.58. The number of hydrogen-bond acceptors (Lipinski definition) is 6. The van der Waals surface area contributed by atoms with Crippen LogP contribution in [0.4, 0.5) is 11.6 Å². The second-order valence-electron chi connectivity index (χ2n) is 7.64. The molecular formula is C19H23N7. The van der Waals surface area contributed by atoms with E-state index in [-0.39, 0.29) is 0 Å². The van der Waals surface area contributed by atoms with E-state index in [9.17, 15) is 0 Å². The van der Waals surface area contributed by atoms with Crippen LogP contribution in [0.2, 0.25) is 0 Å². The third kappa shape index (κ3) is 2.26. The van der Waals surface area contributed by atoms with Gasteiger partial charge >= 0.3 is 0 Å². The highest BCUT2D eigenvalue weighted by Gasteiger charge is 2.41. The molecule has 0 spiro atoms. The number of nitrogens with zero attached hydrogens (tertiary/aromatic N) is 7. The van der Waals surface area contributed by atoms with Gasteiger partial charge in [-0.05, 0) is 19.9 Å². The summed E-state index contributed by atoms with van der Waals surface area (Å²) in [6.07, 6.45) is 5.25. The van der Waals surface area contributed by atoms with Gasteiger partial charge in [-0.25, -0.2) is 19.9 Å². The summed E-state index contributed by atoms with van der Waals surface area (Å²) in [7, 11) is 2.10. The molecule has 2 unspecified atom stereocenters. The summed E-state index contributed by atoms with van der Waals surface area (Å²) in [4.78, 5) is 22.6. The van der Waals surface area contributed by atoms with Crippen LogP contribution >= 0.6 is 0 Å². The van der Waals surface area contributed by atoms with Crippen LogP contribution in [0.5, 0.6) is 0 Å². The number of hydrogen-bond donors (Lipinski definition) is 0. The van der Waals surface area contributed by atoms with Gasteiger partial charge in [-0.2, -0.15) is 0 Å². The monoisotopic (exact) mass is 349 g/mol. The van der Waals surface area contributed by atoms with Crippen molar-refractivity contribution in [1.29, 1.82) is 0 Å². The molecule has 2 atom stereocenters. The minimum absolute atomic E-state index is 0.649. The molecule has 134 valence electrons. The Hall–Kier alpha value is -2.70. The van der Waals surface area contributed by atoms with Gasteiger partial charge in [0.1, 0.15) is 24.0 Å². The van der Waals surface area contributed by atoms with E-state index in [4.69, 9.17) is 0 Å². The molecule has 0 aliphatic carbocycles. The first-order chi connectivity index (χ1) is 12.6. The lowest BCUT2D eigenvalue weighted by atomic mass is 10.0. The molecule has 2 fully saturated rings. The van der Waals surface area contributed by atoms with Crippen molar-refractivity contribution in [2.75, 3.05) is 36.0 Å². The van der Waals surface area contributed by atoms with Crippen LogP contribution in [0.3, 0.4) is 0 Å². The fraction of sp³-hybridized carbons (Fsp3) is 0.474. The van der Waals surface area contributed by atoms with Gasteiger partial charge in [0.15, 0.2) is 5.82 Å². The molecule has 26 heavy (non-hydrogen) atoms. The molecule has 0 amide bonds. The van der Waals surface area contributed by atoms with E-state index in [1.54, 1.807) is 12.7 Å². The van der Waals surface area contributed by atoms with Gasteiger partial charge in [-0.1, -0.05) is 0 Å². The normalized spacial score (nSPS) is 22.4. The van der Waals surface area contributed by atoms with Crippen LogP contribution in [0, 0.1) is 25.7 Å². The highest BCUT2D eigenvalue weighted by molar-refractivity contribution is 5.87. The number of fused-ring (bicyclic) bond motifs is 2. The first-order valence-corrected chi connectivity index (χ1v) is 9.15. The zero-order chi connectivity index (χ0) is 17.8. The van der Waals surface area contributed by atoms with Crippen LogP contribution < -0.4 is 9.80 Å². The quantitative estimate of drug-likeness (QED) is 0.705. The Morgan fingerprint density at radius 1 is 0.885 bits per heavy atom.